The van der Waals surface area contributed by atoms with Crippen LogP contribution in [0, 0.1) is 0 Å². The van der Waals surface area contributed by atoms with E-state index in [0.29, 0.717) is 6.42 Å². The highest BCUT2D eigenvalue weighted by Crippen LogP contribution is 2.07. The smallest absolute Gasteiger partial charge is 0.279 e. The molecule has 5 nitrogen and oxygen atoms in total. The summed E-state index contributed by atoms with van der Waals surface area (Å²) in [5, 5.41) is 0. The molecule has 1 aromatic rings. The maximum atomic E-state index is 11.9. The van der Waals surface area contributed by atoms with Crippen LogP contribution in [0.3, 0.4) is 0 Å². The van der Waals surface area contributed by atoms with Crippen molar-refractivity contribution in [2.45, 2.75) is 39.3 Å². The lowest BCUT2D eigenvalue weighted by Crippen LogP contribution is -2.45. The third kappa shape index (κ3) is 4.14. The summed E-state index contributed by atoms with van der Waals surface area (Å²) in [6.45, 7) is 5.47. The summed E-state index contributed by atoms with van der Waals surface area (Å²) in [5.74, 6) is 0.771. The van der Waals surface area contributed by atoms with Crippen molar-refractivity contribution in [2.24, 2.45) is 0 Å². The molecule has 0 fully saturated rings. The van der Waals surface area contributed by atoms with E-state index < -0.39 is 10.2 Å². The van der Waals surface area contributed by atoms with E-state index >= 15 is 0 Å². The van der Waals surface area contributed by atoms with Gasteiger partial charge < -0.3 is 4.42 Å². The molecule has 0 bridgehead atoms. The highest BCUT2D eigenvalue weighted by atomic mass is 32.2. The van der Waals surface area contributed by atoms with Crippen LogP contribution in [-0.2, 0) is 16.6 Å². The fraction of sp³-hybridized carbons (Fsp3) is 0.636. The Labute approximate surface area is 103 Å². The fourth-order valence-corrected chi connectivity index (χ4v) is 2.70. The van der Waals surface area contributed by atoms with Gasteiger partial charge in [-0.15, -0.1) is 0 Å². The van der Waals surface area contributed by atoms with Gasteiger partial charge in [0.05, 0.1) is 6.26 Å². The second-order valence-electron chi connectivity index (χ2n) is 4.42. The molecule has 0 aliphatic rings. The van der Waals surface area contributed by atoms with Gasteiger partial charge in [0.2, 0.25) is 0 Å². The first kappa shape index (κ1) is 14.2. The molecule has 0 aromatic carbocycles. The molecule has 1 rings (SSSR count). The van der Waals surface area contributed by atoms with Crippen molar-refractivity contribution in [3.63, 3.8) is 0 Å². The summed E-state index contributed by atoms with van der Waals surface area (Å²) in [6, 6.07) is 3.35. The highest BCUT2D eigenvalue weighted by Gasteiger charge is 2.22. The number of rotatable bonds is 6. The van der Waals surface area contributed by atoms with E-state index in [1.165, 1.54) is 4.31 Å². The minimum Gasteiger partial charge on any atom is -0.469 e. The topological polar surface area (TPSA) is 62.6 Å². The second-order valence-corrected chi connectivity index (χ2v) is 6.18. The van der Waals surface area contributed by atoms with Crippen LogP contribution in [0.15, 0.2) is 22.8 Å². The molecule has 0 aliphatic heterocycles. The first-order valence-electron chi connectivity index (χ1n) is 5.60. The third-order valence-corrected chi connectivity index (χ3v) is 4.42. The van der Waals surface area contributed by atoms with Crippen LogP contribution in [0.2, 0.25) is 0 Å². The maximum Gasteiger partial charge on any atom is 0.279 e. The van der Waals surface area contributed by atoms with Crippen LogP contribution in [0.25, 0.3) is 0 Å². The molecule has 0 saturated heterocycles. The number of nitrogens with one attached hydrogen (secondary N) is 1. The lowest BCUT2D eigenvalue weighted by molar-refractivity contribution is 0.394. The van der Waals surface area contributed by atoms with E-state index in [0.717, 1.165) is 5.76 Å². The van der Waals surface area contributed by atoms with E-state index in [2.05, 4.69) is 4.72 Å². The Hall–Kier alpha value is -0.850. The summed E-state index contributed by atoms with van der Waals surface area (Å²) >= 11 is 0. The lowest BCUT2D eigenvalue weighted by Gasteiger charge is -2.23. The van der Waals surface area contributed by atoms with Crippen molar-refractivity contribution in [2.75, 3.05) is 7.05 Å². The van der Waals surface area contributed by atoms with E-state index in [-0.39, 0.29) is 12.1 Å². The number of nitrogens with zero attached hydrogens (tertiary/aromatic N) is 1. The molecular formula is C11H20N2O3S. The van der Waals surface area contributed by atoms with Crippen LogP contribution < -0.4 is 4.72 Å². The first-order chi connectivity index (χ1) is 7.83. The average Bonchev–Trinajstić information content (AvgIpc) is 2.67. The number of hydrogen-bond acceptors (Lipinski definition) is 3. The summed E-state index contributed by atoms with van der Waals surface area (Å²) in [7, 11) is -1.86. The molecule has 1 aromatic heterocycles. The Kier molecular flexibility index (Phi) is 4.73. The molecule has 0 aliphatic carbocycles. The molecule has 1 heterocycles. The molecule has 98 valence electrons. The largest absolute Gasteiger partial charge is 0.469 e. The van der Waals surface area contributed by atoms with Crippen LogP contribution in [0.5, 0.6) is 0 Å². The molecule has 6 heteroatoms. The minimum absolute atomic E-state index is 0.0664. The summed E-state index contributed by atoms with van der Waals surface area (Å²) in [6.07, 6.45) is 2.12. The van der Waals surface area contributed by atoms with E-state index in [9.17, 15) is 8.42 Å². The van der Waals surface area contributed by atoms with Gasteiger partial charge in [0, 0.05) is 25.6 Å². The van der Waals surface area contributed by atoms with Gasteiger partial charge in [-0.1, -0.05) is 0 Å². The summed E-state index contributed by atoms with van der Waals surface area (Å²) in [4.78, 5) is 0. The molecule has 0 saturated carbocycles. The van der Waals surface area contributed by atoms with Crippen molar-refractivity contribution in [3.8, 4) is 0 Å². The molecule has 0 spiro atoms. The molecule has 0 amide bonds. The zero-order chi connectivity index (χ0) is 13.1. The fourth-order valence-electron chi connectivity index (χ4n) is 1.39. The van der Waals surface area contributed by atoms with Crippen LogP contribution in [0.1, 0.15) is 26.5 Å². The monoisotopic (exact) mass is 260 g/mol. The Morgan fingerprint density at radius 2 is 2.06 bits per heavy atom. The van der Waals surface area contributed by atoms with E-state index in [4.69, 9.17) is 4.42 Å². The number of hydrogen-bond donors (Lipinski definition) is 1. The van der Waals surface area contributed by atoms with Crippen LogP contribution in [0.4, 0.5) is 0 Å². The highest BCUT2D eigenvalue weighted by molar-refractivity contribution is 7.87. The van der Waals surface area contributed by atoms with E-state index in [1.54, 1.807) is 19.4 Å². The Bertz CT molecular complexity index is 426. The van der Waals surface area contributed by atoms with E-state index in [1.807, 2.05) is 26.8 Å². The van der Waals surface area contributed by atoms with Crippen molar-refractivity contribution < 1.29 is 12.8 Å². The second kappa shape index (κ2) is 5.66. The van der Waals surface area contributed by atoms with Gasteiger partial charge in [-0.25, -0.2) is 0 Å². The van der Waals surface area contributed by atoms with Crippen molar-refractivity contribution >= 4 is 10.2 Å². The molecule has 17 heavy (non-hydrogen) atoms. The zero-order valence-electron chi connectivity index (χ0n) is 10.7. The van der Waals surface area contributed by atoms with Gasteiger partial charge in [0.15, 0.2) is 0 Å². The Morgan fingerprint density at radius 1 is 1.41 bits per heavy atom. The van der Waals surface area contributed by atoms with Crippen molar-refractivity contribution in [1.29, 1.82) is 0 Å². The molecule has 1 atom stereocenters. The molecule has 1 N–H and O–H groups in total. The van der Waals surface area contributed by atoms with Gasteiger partial charge in [-0.2, -0.15) is 17.4 Å². The van der Waals surface area contributed by atoms with Gasteiger partial charge in [0.25, 0.3) is 10.2 Å². The zero-order valence-corrected chi connectivity index (χ0v) is 11.5. The standard InChI is InChI=1S/C11H20N2O3S/c1-9(2)13(4)17(14,15)12-10(3)8-11-6-5-7-16-11/h5-7,9-10,12H,8H2,1-4H3. The normalized spacial score (nSPS) is 14.5. The Balaban J connectivity index is 2.59. The maximum absolute atomic E-state index is 11.9. The third-order valence-electron chi connectivity index (χ3n) is 2.54. The summed E-state index contributed by atoms with van der Waals surface area (Å²) < 4.78 is 32.9. The van der Waals surface area contributed by atoms with Gasteiger partial charge >= 0.3 is 0 Å². The average molecular weight is 260 g/mol. The van der Waals surface area contributed by atoms with Crippen molar-refractivity contribution in [1.82, 2.24) is 9.03 Å². The molecule has 1 unspecified atom stereocenters. The Morgan fingerprint density at radius 3 is 2.53 bits per heavy atom. The van der Waals surface area contributed by atoms with Crippen LogP contribution >= 0.6 is 0 Å². The summed E-state index contributed by atoms with van der Waals surface area (Å²) in [5.41, 5.74) is 0. The van der Waals surface area contributed by atoms with Gasteiger partial charge in [0.1, 0.15) is 5.76 Å². The minimum atomic E-state index is -3.42. The lowest BCUT2D eigenvalue weighted by atomic mass is 10.2. The van der Waals surface area contributed by atoms with Gasteiger partial charge in [-0.3, -0.25) is 0 Å². The number of furan rings is 1. The molecule has 0 radical (unpaired) electrons. The molecular weight excluding hydrogens is 240 g/mol. The van der Waals surface area contributed by atoms with Crippen molar-refractivity contribution in [3.05, 3.63) is 24.2 Å². The predicted octanol–water partition coefficient (Wildman–Crippen LogP) is 1.39. The van der Waals surface area contributed by atoms with Gasteiger partial charge in [-0.05, 0) is 32.9 Å². The van der Waals surface area contributed by atoms with Crippen LogP contribution in [-0.4, -0.2) is 31.9 Å². The predicted molar refractivity (Wildman–Crippen MR) is 66.8 cm³/mol. The SMILES string of the molecule is CC(Cc1ccco1)NS(=O)(=O)N(C)C(C)C. The quantitative estimate of drug-likeness (QED) is 0.840. The first-order valence-corrected chi connectivity index (χ1v) is 7.04.